The summed E-state index contributed by atoms with van der Waals surface area (Å²) < 4.78 is 6.84. The van der Waals surface area contributed by atoms with Gasteiger partial charge >= 0.3 is 11.3 Å². The smallest absolute Gasteiger partial charge is 0.325 e. The van der Waals surface area contributed by atoms with Crippen LogP contribution < -0.4 is 20.3 Å². The van der Waals surface area contributed by atoms with Crippen molar-refractivity contribution in [2.24, 2.45) is 0 Å². The van der Waals surface area contributed by atoms with Gasteiger partial charge in [-0.3, -0.25) is 9.78 Å². The molecule has 8 heteroatoms. The van der Waals surface area contributed by atoms with Crippen LogP contribution in [-0.2, 0) is 0 Å². The fraction of sp³-hybridized carbons (Fsp3) is 0.250. The second-order valence-electron chi connectivity index (χ2n) is 6.42. The highest BCUT2D eigenvalue weighted by Crippen LogP contribution is 2.34. The molecule has 0 saturated carbocycles. The van der Waals surface area contributed by atoms with Crippen LogP contribution in [0.3, 0.4) is 0 Å². The van der Waals surface area contributed by atoms with E-state index in [1.165, 1.54) is 18.9 Å². The Hall–Kier alpha value is -3.00. The number of phenolic OH excluding ortho intramolecular Hbond substituents is 1. The summed E-state index contributed by atoms with van der Waals surface area (Å²) in [5.41, 5.74) is 2.69. The fourth-order valence-electron chi connectivity index (χ4n) is 3.26. The summed E-state index contributed by atoms with van der Waals surface area (Å²) in [6.07, 6.45) is 0.539. The second kappa shape index (κ2) is 7.55. The molecule has 0 bridgehead atoms. The number of phenols is 1. The molecular weight excluding hydrogens is 376 g/mol. The van der Waals surface area contributed by atoms with Crippen molar-refractivity contribution in [1.29, 1.82) is 0 Å². The summed E-state index contributed by atoms with van der Waals surface area (Å²) in [4.78, 5) is 15.8. The summed E-state index contributed by atoms with van der Waals surface area (Å²) >= 11 is 1.51. The monoisotopic (exact) mass is 397 g/mol. The minimum absolute atomic E-state index is 0.0354. The molecule has 0 radical (unpaired) electrons. The van der Waals surface area contributed by atoms with Gasteiger partial charge in [-0.15, -0.1) is 0 Å². The van der Waals surface area contributed by atoms with E-state index < -0.39 is 6.17 Å². The molecule has 2 heterocycles. The van der Waals surface area contributed by atoms with E-state index >= 15 is 0 Å². The Bertz CT molecular complexity index is 1080. The van der Waals surface area contributed by atoms with Gasteiger partial charge in [0.15, 0.2) is 11.5 Å². The van der Waals surface area contributed by atoms with Crippen molar-refractivity contribution in [2.75, 3.05) is 18.2 Å². The normalized spacial score (nSPS) is 14.7. The number of para-hydroxylation sites is 1. The number of rotatable bonds is 5. The molecule has 0 saturated heterocycles. The minimum Gasteiger partial charge on any atom is -0.504 e. The van der Waals surface area contributed by atoms with E-state index in [1.54, 1.807) is 16.8 Å². The number of hydrogen-bond donors (Lipinski definition) is 3. The molecule has 28 heavy (non-hydrogen) atoms. The lowest BCUT2D eigenvalue weighted by Gasteiger charge is -2.22. The van der Waals surface area contributed by atoms with Crippen molar-refractivity contribution in [3.05, 3.63) is 58.4 Å². The first-order valence-electron chi connectivity index (χ1n) is 9.04. The van der Waals surface area contributed by atoms with Gasteiger partial charge in [-0.2, -0.15) is 0 Å². The Kier molecular flexibility index (Phi) is 4.95. The van der Waals surface area contributed by atoms with Crippen LogP contribution in [0.15, 0.2) is 52.4 Å². The van der Waals surface area contributed by atoms with E-state index in [2.05, 4.69) is 22.3 Å². The Morgan fingerprint density at radius 1 is 1.29 bits per heavy atom. The highest BCUT2D eigenvalue weighted by molar-refractivity contribution is 7.99. The van der Waals surface area contributed by atoms with Gasteiger partial charge in [0.05, 0.1) is 18.4 Å². The van der Waals surface area contributed by atoms with Crippen LogP contribution in [0.2, 0.25) is 0 Å². The number of aromatic amines is 1. The standard InChI is InChI=1S/C20H20N4O3S/c1-3-10-28-20-22-19(26)17-13-6-4-5-7-14(13)21-18(24(17)23-20)12-8-9-16(27-2)15(25)11-12/h4-9,11,18H,3,10H2,1-2H3,(H2,22,23,25,26)/p+1/t18-/m1/s1. The van der Waals surface area contributed by atoms with Crippen molar-refractivity contribution in [3.8, 4) is 22.8 Å². The summed E-state index contributed by atoms with van der Waals surface area (Å²) in [6.45, 7) is 2.08. The van der Waals surface area contributed by atoms with Gasteiger partial charge in [-0.25, -0.2) is 0 Å². The van der Waals surface area contributed by atoms with Crippen molar-refractivity contribution in [2.45, 2.75) is 24.7 Å². The third kappa shape index (κ3) is 3.20. The summed E-state index contributed by atoms with van der Waals surface area (Å²) in [5, 5.41) is 18.9. The molecule has 0 amide bonds. The molecule has 2 aromatic carbocycles. The highest BCUT2D eigenvalue weighted by Gasteiger charge is 2.37. The molecule has 1 aliphatic heterocycles. The first-order chi connectivity index (χ1) is 13.6. The van der Waals surface area contributed by atoms with E-state index in [1.807, 2.05) is 30.3 Å². The Labute approximate surface area is 166 Å². The largest absolute Gasteiger partial charge is 0.504 e. The van der Waals surface area contributed by atoms with Gasteiger partial charge in [0.2, 0.25) is 5.16 Å². The second-order valence-corrected chi connectivity index (χ2v) is 7.51. The third-order valence-electron chi connectivity index (χ3n) is 4.54. The molecule has 3 N–H and O–H groups in total. The number of methoxy groups -OCH3 is 1. The van der Waals surface area contributed by atoms with Gasteiger partial charge in [-0.1, -0.05) is 30.8 Å². The molecule has 3 aromatic rings. The summed E-state index contributed by atoms with van der Waals surface area (Å²) in [5.74, 6) is 1.29. The number of aromatic hydroxyl groups is 1. The molecule has 1 aromatic heterocycles. The van der Waals surface area contributed by atoms with E-state index in [0.717, 1.165) is 29.0 Å². The van der Waals surface area contributed by atoms with Crippen LogP contribution in [-0.4, -0.2) is 28.1 Å². The van der Waals surface area contributed by atoms with Gasteiger partial charge in [0.1, 0.15) is 0 Å². The minimum atomic E-state index is -0.440. The van der Waals surface area contributed by atoms with Crippen molar-refractivity contribution < 1.29 is 14.5 Å². The molecule has 7 nitrogen and oxygen atoms in total. The molecule has 0 unspecified atom stereocenters. The number of nitrogens with one attached hydrogen (secondary N) is 2. The first kappa shape index (κ1) is 18.4. The van der Waals surface area contributed by atoms with Crippen LogP contribution in [0.1, 0.15) is 25.1 Å². The number of thioether (sulfide) groups is 1. The summed E-state index contributed by atoms with van der Waals surface area (Å²) in [6, 6.07) is 12.8. The Morgan fingerprint density at radius 2 is 2.11 bits per heavy atom. The van der Waals surface area contributed by atoms with Crippen LogP contribution in [0, 0.1) is 0 Å². The summed E-state index contributed by atoms with van der Waals surface area (Å²) in [7, 11) is 1.51. The van der Waals surface area contributed by atoms with Gasteiger partial charge < -0.3 is 15.2 Å². The number of aromatic nitrogens is 3. The van der Waals surface area contributed by atoms with Gasteiger partial charge in [-0.05, 0) is 41.4 Å². The number of nitrogens with zero attached hydrogens (tertiary/aromatic N) is 2. The van der Waals surface area contributed by atoms with Crippen LogP contribution in [0.5, 0.6) is 11.5 Å². The number of benzene rings is 2. The third-order valence-corrected chi connectivity index (χ3v) is 5.61. The first-order valence-corrected chi connectivity index (χ1v) is 10.0. The number of hydrogen-bond acceptors (Lipinski definition) is 6. The quantitative estimate of drug-likeness (QED) is 0.453. The van der Waals surface area contributed by atoms with E-state index in [0.29, 0.717) is 16.6 Å². The van der Waals surface area contributed by atoms with Gasteiger partial charge in [0.25, 0.3) is 6.17 Å². The molecule has 0 aliphatic carbocycles. The maximum atomic E-state index is 12.9. The number of H-pyrrole nitrogens is 1. The number of anilines is 1. The van der Waals surface area contributed by atoms with E-state index in [-0.39, 0.29) is 11.3 Å². The maximum Gasteiger partial charge on any atom is 0.325 e. The fourth-order valence-corrected chi connectivity index (χ4v) is 3.96. The number of ether oxygens (including phenoxy) is 1. The molecule has 1 aliphatic rings. The zero-order valence-corrected chi connectivity index (χ0v) is 16.4. The zero-order valence-electron chi connectivity index (χ0n) is 15.6. The van der Waals surface area contributed by atoms with Crippen molar-refractivity contribution in [1.82, 2.24) is 10.1 Å². The zero-order chi connectivity index (χ0) is 19.7. The highest BCUT2D eigenvalue weighted by atomic mass is 32.2. The van der Waals surface area contributed by atoms with E-state index in [9.17, 15) is 9.90 Å². The topological polar surface area (TPSA) is 91.1 Å². The van der Waals surface area contributed by atoms with Crippen LogP contribution in [0.4, 0.5) is 5.69 Å². The van der Waals surface area contributed by atoms with Crippen LogP contribution >= 0.6 is 11.8 Å². The average Bonchev–Trinajstić information content (AvgIpc) is 2.71. The van der Waals surface area contributed by atoms with Gasteiger partial charge in [0, 0.05) is 16.4 Å². The Morgan fingerprint density at radius 3 is 2.86 bits per heavy atom. The SMILES string of the molecule is CCCSc1n[n+]2c(c(=O)[nH]1)-c1ccccc1N[C@H]2c1ccc(OC)c(O)c1. The lowest BCUT2D eigenvalue weighted by Crippen LogP contribution is -2.55. The predicted octanol–water partition coefficient (Wildman–Crippen LogP) is 2.91. The average molecular weight is 397 g/mol. The lowest BCUT2D eigenvalue weighted by molar-refractivity contribution is -0.759. The molecule has 0 fully saturated rings. The Balaban J connectivity index is 1.89. The molecule has 4 rings (SSSR count). The predicted molar refractivity (Wildman–Crippen MR) is 108 cm³/mol. The lowest BCUT2D eigenvalue weighted by atomic mass is 10.0. The molecule has 144 valence electrons. The van der Waals surface area contributed by atoms with Crippen molar-refractivity contribution in [3.63, 3.8) is 0 Å². The molecular formula is C20H21N4O3S+. The van der Waals surface area contributed by atoms with Crippen LogP contribution in [0.25, 0.3) is 11.3 Å². The molecule has 0 spiro atoms. The maximum absolute atomic E-state index is 12.9. The molecule has 1 atom stereocenters. The van der Waals surface area contributed by atoms with E-state index in [4.69, 9.17) is 4.74 Å². The van der Waals surface area contributed by atoms with Crippen molar-refractivity contribution >= 4 is 17.4 Å². The number of fused-ring (bicyclic) bond motifs is 3.